The molecule has 0 amide bonds. The molecular formula is C9H9BrFN. The topological polar surface area (TPSA) is 12.0 Å². The zero-order chi connectivity index (χ0) is 8.55. The summed E-state index contributed by atoms with van der Waals surface area (Å²) in [5, 5.41) is 3.17. The molecule has 0 saturated carbocycles. The van der Waals surface area contributed by atoms with Crippen LogP contribution in [0, 0.1) is 5.82 Å². The van der Waals surface area contributed by atoms with Gasteiger partial charge in [-0.15, -0.1) is 0 Å². The molecule has 0 unspecified atom stereocenters. The van der Waals surface area contributed by atoms with Crippen LogP contribution in [0.15, 0.2) is 16.6 Å². The quantitative estimate of drug-likeness (QED) is 0.722. The number of rotatable bonds is 0. The van der Waals surface area contributed by atoms with Gasteiger partial charge in [-0.3, -0.25) is 0 Å². The lowest BCUT2D eigenvalue weighted by Gasteiger charge is -2.18. The average molecular weight is 230 g/mol. The summed E-state index contributed by atoms with van der Waals surface area (Å²) in [5.74, 6) is -0.111. The molecule has 1 aliphatic heterocycles. The van der Waals surface area contributed by atoms with Crippen molar-refractivity contribution in [3.05, 3.63) is 28.0 Å². The highest BCUT2D eigenvalue weighted by Gasteiger charge is 2.14. The number of anilines is 1. The van der Waals surface area contributed by atoms with Crippen LogP contribution in [-0.2, 0) is 6.42 Å². The molecule has 0 atom stereocenters. The van der Waals surface area contributed by atoms with Crippen LogP contribution in [-0.4, -0.2) is 6.54 Å². The summed E-state index contributed by atoms with van der Waals surface area (Å²) in [7, 11) is 0. The number of fused-ring (bicyclic) bond motifs is 1. The molecule has 12 heavy (non-hydrogen) atoms. The summed E-state index contributed by atoms with van der Waals surface area (Å²) in [6, 6.07) is 3.66. The van der Waals surface area contributed by atoms with Crippen molar-refractivity contribution >= 4 is 21.6 Å². The smallest absolute Gasteiger partial charge is 0.142 e. The van der Waals surface area contributed by atoms with Gasteiger partial charge in [0.05, 0.1) is 4.47 Å². The lowest BCUT2D eigenvalue weighted by atomic mass is 10.0. The minimum Gasteiger partial charge on any atom is -0.385 e. The molecule has 0 spiro atoms. The minimum absolute atomic E-state index is 0.111. The van der Waals surface area contributed by atoms with E-state index in [1.165, 1.54) is 0 Å². The van der Waals surface area contributed by atoms with E-state index in [1.807, 2.05) is 6.07 Å². The molecule has 1 aromatic carbocycles. The van der Waals surface area contributed by atoms with Gasteiger partial charge in [0.15, 0.2) is 0 Å². The van der Waals surface area contributed by atoms with Gasteiger partial charge in [0.25, 0.3) is 0 Å². The van der Waals surface area contributed by atoms with Crippen LogP contribution in [0.25, 0.3) is 0 Å². The summed E-state index contributed by atoms with van der Waals surface area (Å²) in [4.78, 5) is 0. The van der Waals surface area contributed by atoms with Gasteiger partial charge in [-0.05, 0) is 40.9 Å². The first-order valence-electron chi connectivity index (χ1n) is 4.00. The van der Waals surface area contributed by atoms with Crippen molar-refractivity contribution in [1.82, 2.24) is 0 Å². The van der Waals surface area contributed by atoms with Crippen LogP contribution in [0.3, 0.4) is 0 Å². The van der Waals surface area contributed by atoms with E-state index in [2.05, 4.69) is 21.2 Å². The maximum Gasteiger partial charge on any atom is 0.142 e. The van der Waals surface area contributed by atoms with E-state index in [0.29, 0.717) is 4.47 Å². The number of benzene rings is 1. The molecule has 1 aliphatic rings. The van der Waals surface area contributed by atoms with E-state index < -0.39 is 0 Å². The second-order valence-electron chi connectivity index (χ2n) is 2.92. The van der Waals surface area contributed by atoms with Crippen LogP contribution in [0.1, 0.15) is 12.0 Å². The van der Waals surface area contributed by atoms with E-state index in [0.717, 1.165) is 30.6 Å². The highest BCUT2D eigenvalue weighted by Crippen LogP contribution is 2.29. The fourth-order valence-electron chi connectivity index (χ4n) is 1.49. The van der Waals surface area contributed by atoms with Gasteiger partial charge < -0.3 is 5.32 Å². The van der Waals surface area contributed by atoms with Crippen LogP contribution in [0.4, 0.5) is 10.1 Å². The monoisotopic (exact) mass is 229 g/mol. The molecule has 0 bridgehead atoms. The second-order valence-corrected chi connectivity index (χ2v) is 3.77. The fraction of sp³-hybridized carbons (Fsp3) is 0.333. The van der Waals surface area contributed by atoms with Gasteiger partial charge in [0.1, 0.15) is 5.82 Å². The molecule has 0 aromatic heterocycles. The predicted octanol–water partition coefficient (Wildman–Crippen LogP) is 2.95. The summed E-state index contributed by atoms with van der Waals surface area (Å²) in [6.07, 6.45) is 1.86. The predicted molar refractivity (Wildman–Crippen MR) is 50.9 cm³/mol. The summed E-state index contributed by atoms with van der Waals surface area (Å²) >= 11 is 3.17. The Bertz CT molecular complexity index is 312. The molecule has 0 fully saturated rings. The van der Waals surface area contributed by atoms with Crippen molar-refractivity contribution < 1.29 is 4.39 Å². The number of hydrogen-bond acceptors (Lipinski definition) is 1. The van der Waals surface area contributed by atoms with Crippen LogP contribution >= 0.6 is 15.9 Å². The molecule has 64 valence electrons. The molecular weight excluding hydrogens is 221 g/mol. The van der Waals surface area contributed by atoms with Gasteiger partial charge >= 0.3 is 0 Å². The van der Waals surface area contributed by atoms with Crippen LogP contribution in [0.2, 0.25) is 0 Å². The van der Waals surface area contributed by atoms with E-state index in [9.17, 15) is 4.39 Å². The Kier molecular flexibility index (Phi) is 2.05. The SMILES string of the molecule is Fc1c(Br)ccc2c1CCCN2. The Morgan fingerprint density at radius 2 is 2.25 bits per heavy atom. The number of halogens is 2. The number of hydrogen-bond donors (Lipinski definition) is 1. The van der Waals surface area contributed by atoms with Gasteiger partial charge in [0.2, 0.25) is 0 Å². The second kappa shape index (κ2) is 3.05. The van der Waals surface area contributed by atoms with E-state index in [4.69, 9.17) is 0 Å². The van der Waals surface area contributed by atoms with Crippen molar-refractivity contribution in [2.24, 2.45) is 0 Å². The lowest BCUT2D eigenvalue weighted by Crippen LogP contribution is -2.13. The van der Waals surface area contributed by atoms with Gasteiger partial charge in [-0.25, -0.2) is 4.39 Å². The van der Waals surface area contributed by atoms with Crippen LogP contribution in [0.5, 0.6) is 0 Å². The van der Waals surface area contributed by atoms with Crippen molar-refractivity contribution in [1.29, 1.82) is 0 Å². The normalized spacial score (nSPS) is 15.2. The zero-order valence-electron chi connectivity index (χ0n) is 6.53. The molecule has 0 radical (unpaired) electrons. The molecule has 3 heteroatoms. The Hall–Kier alpha value is -0.570. The summed E-state index contributed by atoms with van der Waals surface area (Å²) in [5.41, 5.74) is 1.76. The highest BCUT2D eigenvalue weighted by atomic mass is 79.9. The first kappa shape index (κ1) is 8.05. The highest BCUT2D eigenvalue weighted by molar-refractivity contribution is 9.10. The molecule has 0 saturated heterocycles. The standard InChI is InChI=1S/C9H9BrFN/c10-7-3-4-8-6(9(7)11)2-1-5-12-8/h3-4,12H,1-2,5H2. The largest absolute Gasteiger partial charge is 0.385 e. The third-order valence-electron chi connectivity index (χ3n) is 2.12. The Labute approximate surface area is 79.1 Å². The van der Waals surface area contributed by atoms with Crippen molar-refractivity contribution in [3.63, 3.8) is 0 Å². The summed E-state index contributed by atoms with van der Waals surface area (Å²) < 4.78 is 14.0. The van der Waals surface area contributed by atoms with Crippen molar-refractivity contribution in [3.8, 4) is 0 Å². The third kappa shape index (κ3) is 1.22. The van der Waals surface area contributed by atoms with E-state index in [1.54, 1.807) is 6.07 Å². The lowest BCUT2D eigenvalue weighted by molar-refractivity contribution is 0.596. The van der Waals surface area contributed by atoms with E-state index >= 15 is 0 Å². The molecule has 1 nitrogen and oxygen atoms in total. The molecule has 2 rings (SSSR count). The van der Waals surface area contributed by atoms with E-state index in [-0.39, 0.29) is 5.82 Å². The molecule has 1 N–H and O–H groups in total. The first-order chi connectivity index (χ1) is 5.79. The Morgan fingerprint density at radius 1 is 1.42 bits per heavy atom. The molecule has 1 aromatic rings. The fourth-order valence-corrected chi connectivity index (χ4v) is 1.86. The maximum atomic E-state index is 13.4. The third-order valence-corrected chi connectivity index (χ3v) is 2.73. The first-order valence-corrected chi connectivity index (χ1v) is 4.79. The van der Waals surface area contributed by atoms with Gasteiger partial charge in [-0.1, -0.05) is 0 Å². The van der Waals surface area contributed by atoms with Gasteiger partial charge in [-0.2, -0.15) is 0 Å². The summed E-state index contributed by atoms with van der Waals surface area (Å²) in [6.45, 7) is 0.952. The van der Waals surface area contributed by atoms with Crippen molar-refractivity contribution in [2.75, 3.05) is 11.9 Å². The molecule has 1 heterocycles. The maximum absolute atomic E-state index is 13.4. The zero-order valence-corrected chi connectivity index (χ0v) is 8.12. The molecule has 0 aliphatic carbocycles. The van der Waals surface area contributed by atoms with Crippen molar-refractivity contribution in [2.45, 2.75) is 12.8 Å². The van der Waals surface area contributed by atoms with Crippen LogP contribution < -0.4 is 5.32 Å². The number of nitrogens with one attached hydrogen (secondary N) is 1. The Balaban J connectivity index is 2.54. The minimum atomic E-state index is -0.111. The Morgan fingerprint density at radius 3 is 3.08 bits per heavy atom. The van der Waals surface area contributed by atoms with Gasteiger partial charge in [0, 0.05) is 17.8 Å². The average Bonchev–Trinajstić information content (AvgIpc) is 2.12.